The van der Waals surface area contributed by atoms with E-state index in [4.69, 9.17) is 4.42 Å². The Labute approximate surface area is 183 Å². The second kappa shape index (κ2) is 10.2. The van der Waals surface area contributed by atoms with E-state index in [0.717, 1.165) is 30.8 Å². The molecule has 0 radical (unpaired) electrons. The number of aliphatic imine (C=N–C) groups is 1. The van der Waals surface area contributed by atoms with Crippen LogP contribution in [0.15, 0.2) is 27.8 Å². The Hall–Kier alpha value is -1.62. The molecule has 2 N–H and O–H groups in total. The van der Waals surface area contributed by atoms with Gasteiger partial charge in [0.1, 0.15) is 5.82 Å². The van der Waals surface area contributed by atoms with Crippen molar-refractivity contribution < 1.29 is 4.42 Å². The molecule has 28 heavy (non-hydrogen) atoms. The molecule has 2 fully saturated rings. The molecule has 4 heterocycles. The molecule has 2 aromatic rings. The van der Waals surface area contributed by atoms with Crippen LogP contribution in [0.5, 0.6) is 0 Å². The monoisotopic (exact) mass is 499 g/mol. The van der Waals surface area contributed by atoms with Gasteiger partial charge in [-0.2, -0.15) is 0 Å². The maximum Gasteiger partial charge on any atom is 0.216 e. The summed E-state index contributed by atoms with van der Waals surface area (Å²) in [5.41, 5.74) is 0. The van der Waals surface area contributed by atoms with Crippen LogP contribution in [0.3, 0.4) is 0 Å². The summed E-state index contributed by atoms with van der Waals surface area (Å²) in [5, 5.41) is 10.6. The molecule has 1 unspecified atom stereocenters. The molecular weight excluding hydrogens is 469 g/mol. The number of hydrogen-bond acceptors (Lipinski definition) is 5. The van der Waals surface area contributed by atoms with Crippen molar-refractivity contribution in [2.24, 2.45) is 10.9 Å². The second-order valence-electron chi connectivity index (χ2n) is 7.45. The van der Waals surface area contributed by atoms with Crippen LogP contribution >= 0.6 is 24.0 Å². The topological polar surface area (TPSA) is 85.6 Å². The predicted octanol–water partition coefficient (Wildman–Crippen LogP) is 2.57. The molecule has 0 bridgehead atoms. The fraction of sp³-hybridized carbons (Fsp3) is 0.632. The van der Waals surface area contributed by atoms with Gasteiger partial charge in [-0.25, -0.2) is 4.98 Å². The molecule has 2 aliphatic rings. The summed E-state index contributed by atoms with van der Waals surface area (Å²) in [5.74, 6) is 3.69. The third-order valence-electron chi connectivity index (χ3n) is 5.45. The molecule has 1 atom stereocenters. The number of aromatic amines is 1. The Morgan fingerprint density at radius 3 is 2.93 bits per heavy atom. The summed E-state index contributed by atoms with van der Waals surface area (Å²) < 4.78 is 5.33. The van der Waals surface area contributed by atoms with Crippen molar-refractivity contribution in [1.29, 1.82) is 0 Å². The van der Waals surface area contributed by atoms with Crippen LogP contribution in [-0.4, -0.2) is 70.7 Å². The Kier molecular flexibility index (Phi) is 7.72. The second-order valence-corrected chi connectivity index (χ2v) is 7.45. The zero-order valence-electron chi connectivity index (χ0n) is 16.4. The number of aromatic nitrogens is 3. The van der Waals surface area contributed by atoms with E-state index in [0.29, 0.717) is 18.1 Å². The highest BCUT2D eigenvalue weighted by molar-refractivity contribution is 14.0. The van der Waals surface area contributed by atoms with Gasteiger partial charge >= 0.3 is 0 Å². The van der Waals surface area contributed by atoms with Gasteiger partial charge in [-0.3, -0.25) is 10.1 Å². The lowest BCUT2D eigenvalue weighted by atomic mass is 10.1. The Morgan fingerprint density at radius 2 is 2.18 bits per heavy atom. The summed E-state index contributed by atoms with van der Waals surface area (Å²) in [6.07, 6.45) is 6.97. The van der Waals surface area contributed by atoms with Crippen molar-refractivity contribution in [3.63, 3.8) is 0 Å². The fourth-order valence-corrected chi connectivity index (χ4v) is 4.07. The molecule has 0 aliphatic carbocycles. The molecule has 2 saturated heterocycles. The number of halogens is 1. The highest BCUT2D eigenvalue weighted by Gasteiger charge is 2.27. The first-order valence-electron chi connectivity index (χ1n) is 9.95. The molecule has 4 rings (SSSR count). The number of hydrogen-bond donors (Lipinski definition) is 2. The van der Waals surface area contributed by atoms with E-state index >= 15 is 0 Å². The quantitative estimate of drug-likeness (QED) is 0.374. The van der Waals surface area contributed by atoms with E-state index < -0.39 is 0 Å². The van der Waals surface area contributed by atoms with Crippen LogP contribution < -0.4 is 5.32 Å². The first-order chi connectivity index (χ1) is 13.3. The minimum atomic E-state index is 0. The summed E-state index contributed by atoms with van der Waals surface area (Å²) >= 11 is 0. The van der Waals surface area contributed by atoms with Gasteiger partial charge in [0.15, 0.2) is 11.7 Å². The predicted molar refractivity (Wildman–Crippen MR) is 120 cm³/mol. The molecule has 9 heteroatoms. The third-order valence-corrected chi connectivity index (χ3v) is 5.45. The lowest BCUT2D eigenvalue weighted by molar-refractivity contribution is 0.198. The van der Waals surface area contributed by atoms with Crippen molar-refractivity contribution in [2.45, 2.75) is 32.2 Å². The molecule has 154 valence electrons. The van der Waals surface area contributed by atoms with Gasteiger partial charge < -0.3 is 19.5 Å². The summed E-state index contributed by atoms with van der Waals surface area (Å²) in [4.78, 5) is 13.9. The lowest BCUT2D eigenvalue weighted by Gasteiger charge is -2.29. The highest BCUT2D eigenvalue weighted by Crippen LogP contribution is 2.20. The van der Waals surface area contributed by atoms with Crippen molar-refractivity contribution in [1.82, 2.24) is 30.3 Å². The van der Waals surface area contributed by atoms with Crippen LogP contribution in [0.1, 0.15) is 31.5 Å². The van der Waals surface area contributed by atoms with E-state index in [1.165, 1.54) is 45.3 Å². The van der Waals surface area contributed by atoms with Gasteiger partial charge in [-0.15, -0.1) is 29.1 Å². The number of nitrogens with zero attached hydrogens (tertiary/aromatic N) is 5. The van der Waals surface area contributed by atoms with Crippen molar-refractivity contribution in [3.05, 3.63) is 24.2 Å². The zero-order valence-corrected chi connectivity index (χ0v) is 18.8. The fourth-order valence-electron chi connectivity index (χ4n) is 4.07. The largest absolute Gasteiger partial charge is 0.461 e. The summed E-state index contributed by atoms with van der Waals surface area (Å²) in [6, 6.07) is 3.69. The van der Waals surface area contributed by atoms with Crippen LogP contribution in [0.25, 0.3) is 11.6 Å². The minimum absolute atomic E-state index is 0. The smallest absolute Gasteiger partial charge is 0.216 e. The van der Waals surface area contributed by atoms with Crippen LogP contribution in [-0.2, 0) is 6.54 Å². The van der Waals surface area contributed by atoms with E-state index in [-0.39, 0.29) is 24.0 Å². The number of likely N-dealkylation sites (tertiary alicyclic amines) is 2. The van der Waals surface area contributed by atoms with Gasteiger partial charge in [-0.1, -0.05) is 6.42 Å². The van der Waals surface area contributed by atoms with E-state index in [1.807, 2.05) is 19.2 Å². The molecule has 2 aromatic heterocycles. The molecule has 0 spiro atoms. The lowest BCUT2D eigenvalue weighted by Crippen LogP contribution is -2.41. The summed E-state index contributed by atoms with van der Waals surface area (Å²) in [6.45, 7) is 6.46. The summed E-state index contributed by atoms with van der Waals surface area (Å²) in [7, 11) is 1.84. The number of furan rings is 1. The molecule has 0 amide bonds. The first-order valence-corrected chi connectivity index (χ1v) is 9.95. The number of piperidine rings is 1. The van der Waals surface area contributed by atoms with Crippen molar-refractivity contribution >= 4 is 29.9 Å². The normalized spacial score (nSPS) is 21.0. The van der Waals surface area contributed by atoms with Gasteiger partial charge in [0.25, 0.3) is 0 Å². The van der Waals surface area contributed by atoms with Gasteiger partial charge in [0.2, 0.25) is 5.82 Å². The van der Waals surface area contributed by atoms with E-state index in [2.05, 4.69) is 35.3 Å². The van der Waals surface area contributed by atoms with E-state index in [9.17, 15) is 0 Å². The van der Waals surface area contributed by atoms with Gasteiger partial charge in [-0.05, 0) is 50.4 Å². The Morgan fingerprint density at radius 1 is 1.32 bits per heavy atom. The van der Waals surface area contributed by atoms with Gasteiger partial charge in [0.05, 0.1) is 12.8 Å². The SMILES string of the molecule is CN=C(NCc1nc(-c2ccco2)n[nH]1)N1CCC(CN2CCCCC2)C1.I. The molecular formula is C19H30IN7O. The molecule has 2 aliphatic heterocycles. The maximum atomic E-state index is 5.33. The standard InChI is InChI=1S/C19H29N7O.HI/c1-20-19(21-12-17-22-18(24-23-17)16-6-5-11-27-16)26-10-7-15(14-26)13-25-8-3-2-4-9-25;/h5-6,11,15H,2-4,7-10,12-14H2,1H3,(H,20,21)(H,22,23,24);1H. The Balaban J connectivity index is 0.00000225. The number of rotatable bonds is 5. The first kappa shape index (κ1) is 21.1. The Bertz CT molecular complexity index is 739. The van der Waals surface area contributed by atoms with E-state index in [1.54, 1.807) is 6.26 Å². The van der Waals surface area contributed by atoms with Crippen molar-refractivity contribution in [2.75, 3.05) is 39.8 Å². The molecule has 0 saturated carbocycles. The number of nitrogens with one attached hydrogen (secondary N) is 2. The maximum absolute atomic E-state index is 5.33. The van der Waals surface area contributed by atoms with Crippen LogP contribution in [0.4, 0.5) is 0 Å². The zero-order chi connectivity index (χ0) is 18.5. The van der Waals surface area contributed by atoms with Crippen LogP contribution in [0.2, 0.25) is 0 Å². The minimum Gasteiger partial charge on any atom is -0.461 e. The van der Waals surface area contributed by atoms with Gasteiger partial charge in [0, 0.05) is 26.7 Å². The average Bonchev–Trinajstić information content (AvgIpc) is 3.45. The number of H-pyrrole nitrogens is 1. The average molecular weight is 499 g/mol. The highest BCUT2D eigenvalue weighted by atomic mass is 127. The van der Waals surface area contributed by atoms with Crippen molar-refractivity contribution in [3.8, 4) is 11.6 Å². The molecule has 8 nitrogen and oxygen atoms in total. The molecule has 0 aromatic carbocycles. The van der Waals surface area contributed by atoms with Crippen LogP contribution in [0, 0.1) is 5.92 Å². The third kappa shape index (κ3) is 5.25. The number of guanidine groups is 1.